The smallest absolute Gasteiger partial charge is 0.390 e. The lowest BCUT2D eigenvalue weighted by atomic mass is 10.1. The molecule has 7 nitrogen and oxygen atoms in total. The number of nitrogens with zero attached hydrogens (tertiary/aromatic N) is 4. The predicted molar refractivity (Wildman–Crippen MR) is 114 cm³/mol. The van der Waals surface area contributed by atoms with Gasteiger partial charge in [0.15, 0.2) is 0 Å². The van der Waals surface area contributed by atoms with Gasteiger partial charge >= 0.3 is 12.1 Å². The summed E-state index contributed by atoms with van der Waals surface area (Å²) in [5, 5.41) is 16.3. The van der Waals surface area contributed by atoms with Crippen LogP contribution < -0.4 is 5.32 Å². The second-order valence-corrected chi connectivity index (χ2v) is 7.44. The summed E-state index contributed by atoms with van der Waals surface area (Å²) in [6.45, 7) is 1.42. The van der Waals surface area contributed by atoms with Crippen molar-refractivity contribution in [3.8, 4) is 16.9 Å². The van der Waals surface area contributed by atoms with E-state index in [9.17, 15) is 23.1 Å². The number of nitrogens with one attached hydrogen (secondary N) is 1. The van der Waals surface area contributed by atoms with Gasteiger partial charge in [-0.05, 0) is 48.9 Å². The number of fused-ring (bicyclic) bond motifs is 1. The highest BCUT2D eigenvalue weighted by Crippen LogP contribution is 2.32. The summed E-state index contributed by atoms with van der Waals surface area (Å²) in [6, 6.07) is 10.4. The first-order chi connectivity index (χ1) is 15.1. The molecule has 4 rings (SSSR count). The van der Waals surface area contributed by atoms with E-state index in [1.54, 1.807) is 53.9 Å². The Balaban J connectivity index is 1.84. The van der Waals surface area contributed by atoms with Crippen LogP contribution in [0.5, 0.6) is 0 Å². The first-order valence-corrected chi connectivity index (χ1v) is 9.78. The maximum absolute atomic E-state index is 12.7. The van der Waals surface area contributed by atoms with Crippen molar-refractivity contribution < 1.29 is 23.1 Å². The molecule has 0 amide bonds. The Labute approximate surface area is 181 Å². The highest BCUT2D eigenvalue weighted by Gasteiger charge is 2.26. The van der Waals surface area contributed by atoms with Crippen LogP contribution in [0.25, 0.3) is 28.0 Å². The first kappa shape index (κ1) is 21.4. The van der Waals surface area contributed by atoms with Crippen LogP contribution in [0.15, 0.2) is 48.9 Å². The molecule has 2 N–H and O–H groups in total. The highest BCUT2D eigenvalue weighted by atomic mass is 19.4. The van der Waals surface area contributed by atoms with Gasteiger partial charge in [-0.25, -0.2) is 9.78 Å². The molecule has 2 aromatic heterocycles. The number of imidazole rings is 1. The molecule has 2 aromatic carbocycles. The molecule has 0 aliphatic carbocycles. The second kappa shape index (κ2) is 8.03. The van der Waals surface area contributed by atoms with Crippen LogP contribution in [0.4, 0.5) is 18.9 Å². The zero-order chi connectivity index (χ0) is 23.0. The summed E-state index contributed by atoms with van der Waals surface area (Å²) < 4.78 is 41.5. The van der Waals surface area contributed by atoms with Crippen molar-refractivity contribution >= 4 is 22.7 Å². The third-order valence-electron chi connectivity index (χ3n) is 5.21. The van der Waals surface area contributed by atoms with E-state index in [0.717, 1.165) is 11.3 Å². The van der Waals surface area contributed by atoms with Gasteiger partial charge in [0.1, 0.15) is 11.8 Å². The van der Waals surface area contributed by atoms with Gasteiger partial charge in [-0.3, -0.25) is 9.25 Å². The van der Waals surface area contributed by atoms with E-state index in [2.05, 4.69) is 15.4 Å². The van der Waals surface area contributed by atoms with Gasteiger partial charge in [0.05, 0.1) is 28.9 Å². The summed E-state index contributed by atoms with van der Waals surface area (Å²) in [4.78, 5) is 15.8. The Morgan fingerprint density at radius 1 is 1.19 bits per heavy atom. The Bertz CT molecular complexity index is 1310. The molecular formula is C22H20F3N5O2. The SMILES string of the molecule is Cc1cc(-n2cnc3c(NCCC(F)(F)F)cc(-c4ccnn4C)cc32)ccc1C(=O)O. The third kappa shape index (κ3) is 4.16. The molecule has 0 fully saturated rings. The molecule has 0 saturated carbocycles. The molecule has 0 spiro atoms. The maximum atomic E-state index is 12.7. The maximum Gasteiger partial charge on any atom is 0.390 e. The van der Waals surface area contributed by atoms with Crippen LogP contribution in [0.2, 0.25) is 0 Å². The monoisotopic (exact) mass is 443 g/mol. The zero-order valence-corrected chi connectivity index (χ0v) is 17.3. The molecule has 0 unspecified atom stereocenters. The van der Waals surface area contributed by atoms with Gasteiger partial charge in [-0.2, -0.15) is 18.3 Å². The summed E-state index contributed by atoms with van der Waals surface area (Å²) in [5.74, 6) is -1.01. The third-order valence-corrected chi connectivity index (χ3v) is 5.21. The minimum Gasteiger partial charge on any atom is -0.478 e. The van der Waals surface area contributed by atoms with Crippen molar-refractivity contribution in [3.05, 3.63) is 60.0 Å². The number of aryl methyl sites for hydroxylation is 2. The Kier molecular flexibility index (Phi) is 5.37. The number of alkyl halides is 3. The predicted octanol–water partition coefficient (Wildman–Crippen LogP) is 4.80. The fourth-order valence-corrected chi connectivity index (χ4v) is 3.64. The number of hydrogen-bond donors (Lipinski definition) is 2. The van der Waals surface area contributed by atoms with Crippen molar-refractivity contribution in [2.45, 2.75) is 19.5 Å². The molecule has 0 saturated heterocycles. The molecule has 32 heavy (non-hydrogen) atoms. The average molecular weight is 443 g/mol. The zero-order valence-electron chi connectivity index (χ0n) is 17.3. The van der Waals surface area contributed by atoms with Crippen LogP contribution in [-0.2, 0) is 7.05 Å². The Hall–Kier alpha value is -3.82. The van der Waals surface area contributed by atoms with E-state index >= 15 is 0 Å². The molecule has 0 aliphatic heterocycles. The number of benzene rings is 2. The summed E-state index contributed by atoms with van der Waals surface area (Å²) in [6.07, 6.45) is -2.03. The Morgan fingerprint density at radius 3 is 2.59 bits per heavy atom. The quantitative estimate of drug-likeness (QED) is 0.447. The lowest BCUT2D eigenvalue weighted by Crippen LogP contribution is -2.14. The van der Waals surface area contributed by atoms with Gasteiger partial charge in [-0.1, -0.05) is 0 Å². The van der Waals surface area contributed by atoms with Crippen LogP contribution >= 0.6 is 0 Å². The summed E-state index contributed by atoms with van der Waals surface area (Å²) in [5.41, 5.74) is 4.67. The Morgan fingerprint density at radius 2 is 1.97 bits per heavy atom. The van der Waals surface area contributed by atoms with Gasteiger partial charge in [-0.15, -0.1) is 0 Å². The average Bonchev–Trinajstić information content (AvgIpc) is 3.32. The number of carbonyl (C=O) groups is 1. The lowest BCUT2D eigenvalue weighted by Gasteiger charge is -2.13. The molecule has 0 radical (unpaired) electrons. The second-order valence-electron chi connectivity index (χ2n) is 7.44. The van der Waals surface area contributed by atoms with Gasteiger partial charge in [0.25, 0.3) is 0 Å². The van der Waals surface area contributed by atoms with Crippen LogP contribution in [0.1, 0.15) is 22.3 Å². The van der Waals surface area contributed by atoms with E-state index in [0.29, 0.717) is 28.0 Å². The van der Waals surface area contributed by atoms with E-state index in [1.165, 1.54) is 6.07 Å². The minimum absolute atomic E-state index is 0.197. The number of carboxylic acids is 1. The molecule has 4 aromatic rings. The highest BCUT2D eigenvalue weighted by molar-refractivity contribution is 5.94. The van der Waals surface area contributed by atoms with Crippen molar-refractivity contribution in [2.24, 2.45) is 7.05 Å². The number of halogens is 3. The van der Waals surface area contributed by atoms with Gasteiger partial charge in [0, 0.05) is 31.0 Å². The first-order valence-electron chi connectivity index (χ1n) is 9.78. The van der Waals surface area contributed by atoms with Crippen molar-refractivity contribution in [1.82, 2.24) is 19.3 Å². The molecule has 0 aliphatic rings. The number of carboxylic acid groups (broad SMARTS) is 1. The molecule has 166 valence electrons. The normalized spacial score (nSPS) is 11.8. The van der Waals surface area contributed by atoms with Gasteiger partial charge in [0.2, 0.25) is 0 Å². The standard InChI is InChI=1S/C22H20F3N5O2/c1-13-9-15(3-4-16(13)21(31)32)30-12-27-20-17(26-8-6-22(23,24)25)10-14(11-19(20)30)18-5-7-28-29(18)2/h3-5,7,9-12,26H,6,8H2,1-2H3,(H,31,32). The summed E-state index contributed by atoms with van der Waals surface area (Å²) in [7, 11) is 1.78. The fourth-order valence-electron chi connectivity index (χ4n) is 3.64. The van der Waals surface area contributed by atoms with Crippen molar-refractivity contribution in [3.63, 3.8) is 0 Å². The van der Waals surface area contributed by atoms with E-state index in [1.807, 2.05) is 12.1 Å². The molecule has 2 heterocycles. The van der Waals surface area contributed by atoms with Gasteiger partial charge < -0.3 is 10.4 Å². The summed E-state index contributed by atoms with van der Waals surface area (Å²) >= 11 is 0. The number of rotatable bonds is 6. The number of anilines is 1. The number of aromatic carboxylic acids is 1. The van der Waals surface area contributed by atoms with Crippen molar-refractivity contribution in [1.29, 1.82) is 0 Å². The number of aromatic nitrogens is 4. The van der Waals surface area contributed by atoms with Crippen LogP contribution in [0, 0.1) is 6.92 Å². The van der Waals surface area contributed by atoms with E-state index in [-0.39, 0.29) is 12.1 Å². The number of hydrogen-bond acceptors (Lipinski definition) is 4. The van der Waals surface area contributed by atoms with E-state index in [4.69, 9.17) is 0 Å². The molecule has 0 atom stereocenters. The fraction of sp³-hybridized carbons (Fsp3) is 0.227. The topological polar surface area (TPSA) is 85.0 Å². The molecule has 10 heteroatoms. The van der Waals surface area contributed by atoms with Crippen LogP contribution in [-0.4, -0.2) is 43.1 Å². The minimum atomic E-state index is -4.27. The molecular weight excluding hydrogens is 423 g/mol. The van der Waals surface area contributed by atoms with Crippen molar-refractivity contribution in [2.75, 3.05) is 11.9 Å². The van der Waals surface area contributed by atoms with E-state index < -0.39 is 18.6 Å². The molecule has 0 bridgehead atoms. The lowest BCUT2D eigenvalue weighted by molar-refractivity contribution is -0.131. The largest absolute Gasteiger partial charge is 0.478 e. The van der Waals surface area contributed by atoms with Crippen LogP contribution in [0.3, 0.4) is 0 Å².